The van der Waals surface area contributed by atoms with Crippen LogP contribution in [0, 0.1) is 5.41 Å². The standard InChI is InChI=1S/C13H28N2/c1-5-12(2)15(4)11-13(10-14-3)8-6-7-9-13/h12,14H,5-11H2,1-4H3. The Kier molecular flexibility index (Phi) is 5.07. The van der Waals surface area contributed by atoms with Crippen molar-refractivity contribution in [1.82, 2.24) is 10.2 Å². The predicted molar refractivity (Wildman–Crippen MR) is 67.2 cm³/mol. The Morgan fingerprint density at radius 2 is 1.93 bits per heavy atom. The van der Waals surface area contributed by atoms with Gasteiger partial charge in [0.05, 0.1) is 0 Å². The topological polar surface area (TPSA) is 15.3 Å². The molecule has 1 atom stereocenters. The van der Waals surface area contributed by atoms with Gasteiger partial charge in [-0.15, -0.1) is 0 Å². The van der Waals surface area contributed by atoms with Crippen LogP contribution in [0.25, 0.3) is 0 Å². The fraction of sp³-hybridized carbons (Fsp3) is 1.00. The third kappa shape index (κ3) is 3.46. The highest BCUT2D eigenvalue weighted by Gasteiger charge is 2.34. The van der Waals surface area contributed by atoms with Crippen molar-refractivity contribution in [3.05, 3.63) is 0 Å². The first-order valence-electron chi connectivity index (χ1n) is 6.48. The van der Waals surface area contributed by atoms with Gasteiger partial charge < -0.3 is 10.2 Å². The molecule has 0 aromatic heterocycles. The SMILES string of the molecule is CCC(C)N(C)CC1(CNC)CCCC1. The Labute approximate surface area is 95.4 Å². The number of nitrogens with zero attached hydrogens (tertiary/aromatic N) is 1. The molecule has 0 aromatic carbocycles. The summed E-state index contributed by atoms with van der Waals surface area (Å²) < 4.78 is 0. The second-order valence-electron chi connectivity index (χ2n) is 5.41. The van der Waals surface area contributed by atoms with E-state index < -0.39 is 0 Å². The van der Waals surface area contributed by atoms with Crippen molar-refractivity contribution in [3.63, 3.8) is 0 Å². The van der Waals surface area contributed by atoms with Gasteiger partial charge in [-0.25, -0.2) is 0 Å². The zero-order chi connectivity index (χ0) is 11.3. The molecular weight excluding hydrogens is 184 g/mol. The summed E-state index contributed by atoms with van der Waals surface area (Å²) in [5, 5.41) is 3.39. The van der Waals surface area contributed by atoms with E-state index in [0.29, 0.717) is 5.41 Å². The molecule has 0 aromatic rings. The van der Waals surface area contributed by atoms with Gasteiger partial charge in [0.1, 0.15) is 0 Å². The van der Waals surface area contributed by atoms with E-state index >= 15 is 0 Å². The van der Waals surface area contributed by atoms with Crippen LogP contribution in [0.15, 0.2) is 0 Å². The van der Waals surface area contributed by atoms with E-state index in [1.165, 1.54) is 45.2 Å². The predicted octanol–water partition coefficient (Wildman–Crippen LogP) is 2.50. The Morgan fingerprint density at radius 1 is 1.33 bits per heavy atom. The smallest absolute Gasteiger partial charge is 0.00614 e. The van der Waals surface area contributed by atoms with Gasteiger partial charge >= 0.3 is 0 Å². The number of nitrogens with one attached hydrogen (secondary N) is 1. The molecule has 1 unspecified atom stereocenters. The first-order chi connectivity index (χ1) is 7.13. The Morgan fingerprint density at radius 3 is 2.40 bits per heavy atom. The Balaban J connectivity index is 2.50. The van der Waals surface area contributed by atoms with E-state index in [0.717, 1.165) is 6.04 Å². The molecule has 0 radical (unpaired) electrons. The first-order valence-corrected chi connectivity index (χ1v) is 6.48. The maximum atomic E-state index is 3.39. The largest absolute Gasteiger partial charge is 0.319 e. The average molecular weight is 212 g/mol. The molecule has 1 aliphatic rings. The molecule has 2 heteroatoms. The summed E-state index contributed by atoms with van der Waals surface area (Å²) in [4.78, 5) is 2.54. The minimum atomic E-state index is 0.562. The maximum absolute atomic E-state index is 3.39. The minimum absolute atomic E-state index is 0.562. The van der Waals surface area contributed by atoms with E-state index in [9.17, 15) is 0 Å². The third-order valence-corrected chi connectivity index (χ3v) is 4.14. The lowest BCUT2D eigenvalue weighted by Crippen LogP contribution is -2.43. The van der Waals surface area contributed by atoms with Crippen LogP contribution in [0.5, 0.6) is 0 Å². The first kappa shape index (κ1) is 13.0. The van der Waals surface area contributed by atoms with E-state index in [-0.39, 0.29) is 0 Å². The van der Waals surface area contributed by atoms with Crippen LogP contribution >= 0.6 is 0 Å². The monoisotopic (exact) mass is 212 g/mol. The molecule has 15 heavy (non-hydrogen) atoms. The molecule has 0 amide bonds. The molecule has 1 fully saturated rings. The lowest BCUT2D eigenvalue weighted by Gasteiger charge is -2.36. The van der Waals surface area contributed by atoms with Crippen molar-refractivity contribution in [3.8, 4) is 0 Å². The third-order valence-electron chi connectivity index (χ3n) is 4.14. The van der Waals surface area contributed by atoms with Gasteiger partial charge in [0.2, 0.25) is 0 Å². The van der Waals surface area contributed by atoms with Gasteiger partial charge in [-0.3, -0.25) is 0 Å². The number of rotatable bonds is 6. The van der Waals surface area contributed by atoms with Crippen molar-refractivity contribution in [2.75, 3.05) is 27.2 Å². The van der Waals surface area contributed by atoms with E-state index in [1.807, 2.05) is 0 Å². The molecule has 1 N–H and O–H groups in total. The van der Waals surface area contributed by atoms with Gasteiger partial charge in [-0.1, -0.05) is 19.8 Å². The lowest BCUT2D eigenvalue weighted by atomic mass is 9.85. The van der Waals surface area contributed by atoms with Gasteiger partial charge in [0, 0.05) is 19.1 Å². The molecule has 2 nitrogen and oxygen atoms in total. The summed E-state index contributed by atoms with van der Waals surface area (Å²) in [6, 6.07) is 0.722. The van der Waals surface area contributed by atoms with Crippen LogP contribution < -0.4 is 5.32 Å². The summed E-state index contributed by atoms with van der Waals surface area (Å²) >= 11 is 0. The fourth-order valence-electron chi connectivity index (χ4n) is 2.89. The van der Waals surface area contributed by atoms with Crippen molar-refractivity contribution in [2.24, 2.45) is 5.41 Å². The summed E-state index contributed by atoms with van der Waals surface area (Å²) in [6.45, 7) is 7.07. The Hall–Kier alpha value is -0.0800. The molecular formula is C13H28N2. The molecule has 0 saturated heterocycles. The summed E-state index contributed by atoms with van der Waals surface area (Å²) in [6.07, 6.45) is 6.93. The average Bonchev–Trinajstić information content (AvgIpc) is 2.65. The fourth-order valence-corrected chi connectivity index (χ4v) is 2.89. The highest BCUT2D eigenvalue weighted by molar-refractivity contribution is 4.89. The molecule has 1 rings (SSSR count). The molecule has 0 spiro atoms. The van der Waals surface area contributed by atoms with Crippen LogP contribution in [0.3, 0.4) is 0 Å². The molecule has 0 heterocycles. The van der Waals surface area contributed by atoms with Gasteiger partial charge in [0.15, 0.2) is 0 Å². The highest BCUT2D eigenvalue weighted by atomic mass is 15.1. The van der Waals surface area contributed by atoms with Gasteiger partial charge in [0.25, 0.3) is 0 Å². The van der Waals surface area contributed by atoms with Gasteiger partial charge in [-0.05, 0) is 45.7 Å². The Bertz CT molecular complexity index is 173. The number of hydrogen-bond acceptors (Lipinski definition) is 2. The molecule has 1 aliphatic carbocycles. The normalized spacial score (nSPS) is 22.2. The van der Waals surface area contributed by atoms with E-state index in [1.54, 1.807) is 0 Å². The van der Waals surface area contributed by atoms with Crippen molar-refractivity contribution in [1.29, 1.82) is 0 Å². The van der Waals surface area contributed by atoms with E-state index in [4.69, 9.17) is 0 Å². The van der Waals surface area contributed by atoms with Crippen LogP contribution in [-0.2, 0) is 0 Å². The molecule has 90 valence electrons. The molecule has 0 bridgehead atoms. The van der Waals surface area contributed by atoms with Crippen LogP contribution in [-0.4, -0.2) is 38.1 Å². The zero-order valence-corrected chi connectivity index (χ0v) is 11.0. The molecule has 0 aliphatic heterocycles. The van der Waals surface area contributed by atoms with Crippen molar-refractivity contribution in [2.45, 2.75) is 52.0 Å². The van der Waals surface area contributed by atoms with Crippen LogP contribution in [0.4, 0.5) is 0 Å². The summed E-state index contributed by atoms with van der Waals surface area (Å²) in [5.41, 5.74) is 0.562. The van der Waals surface area contributed by atoms with Gasteiger partial charge in [-0.2, -0.15) is 0 Å². The second kappa shape index (κ2) is 5.86. The molecule has 1 saturated carbocycles. The maximum Gasteiger partial charge on any atom is 0.00614 e. The highest BCUT2D eigenvalue weighted by Crippen LogP contribution is 2.38. The second-order valence-corrected chi connectivity index (χ2v) is 5.41. The van der Waals surface area contributed by atoms with E-state index in [2.05, 4.69) is 38.2 Å². The van der Waals surface area contributed by atoms with Crippen LogP contribution in [0.2, 0.25) is 0 Å². The number of hydrogen-bond donors (Lipinski definition) is 1. The quantitative estimate of drug-likeness (QED) is 0.728. The van der Waals surface area contributed by atoms with Crippen molar-refractivity contribution < 1.29 is 0 Å². The van der Waals surface area contributed by atoms with Crippen molar-refractivity contribution >= 4 is 0 Å². The zero-order valence-electron chi connectivity index (χ0n) is 11.0. The lowest BCUT2D eigenvalue weighted by molar-refractivity contribution is 0.141. The van der Waals surface area contributed by atoms with Crippen LogP contribution in [0.1, 0.15) is 46.0 Å². The minimum Gasteiger partial charge on any atom is -0.319 e. The summed E-state index contributed by atoms with van der Waals surface area (Å²) in [7, 11) is 4.37. The summed E-state index contributed by atoms with van der Waals surface area (Å²) in [5.74, 6) is 0.